The van der Waals surface area contributed by atoms with Gasteiger partial charge < -0.3 is 51.9 Å². The van der Waals surface area contributed by atoms with Gasteiger partial charge in [0.2, 0.25) is 0 Å². The van der Waals surface area contributed by atoms with Crippen molar-refractivity contribution in [2.75, 3.05) is 57.0 Å². The van der Waals surface area contributed by atoms with Gasteiger partial charge in [-0.1, -0.05) is 64.1 Å². The van der Waals surface area contributed by atoms with E-state index in [2.05, 4.69) is 163 Å². The van der Waals surface area contributed by atoms with Gasteiger partial charge in [0.05, 0.1) is 0 Å². The molecular weight excluding hydrogens is 693 g/mol. The summed E-state index contributed by atoms with van der Waals surface area (Å²) in [5.74, 6) is 0. The number of nitrogens with zero attached hydrogens (tertiary/aromatic N) is 3. The minimum absolute atomic E-state index is 0. The molecule has 0 aromatic heterocycles. The Morgan fingerprint density at radius 1 is 0.404 bits per heavy atom. The first-order valence-corrected chi connectivity index (χ1v) is 17.6. The zero-order valence-electron chi connectivity index (χ0n) is 31.4. The van der Waals surface area contributed by atoms with Gasteiger partial charge in [-0.15, -0.1) is 5.19 Å². The predicted octanol–water partition coefficient (Wildman–Crippen LogP) is -2.93. The van der Waals surface area contributed by atoms with Crippen LogP contribution < -0.4 is 72.7 Å². The fraction of sp³-hybridized carbons (Fsp3) is 0.410. The fourth-order valence-corrected chi connectivity index (χ4v) is 14.1. The average molecular weight is 747 g/mol. The summed E-state index contributed by atoms with van der Waals surface area (Å²) >= 11 is 0. The van der Waals surface area contributed by atoms with E-state index in [9.17, 15) is 0 Å². The van der Waals surface area contributed by atoms with Crippen molar-refractivity contribution < 1.29 is 58.9 Å². The standard InChI is InChI=1S/C39H54N3Si.3ClH.Ti/c1-23-17-20-33(36(26(23)4)40(11)12)43(39-31(9)29(7)30(8)32(39)10,34-21-18-24(2)27(5)37(34)41(13)14)35-22-19-25(3)28(6)38(35)42(15)16;;;;/h17-22H,1-16H3;3*1H;/q-1;;;;+4/p-3. The second-order valence-electron chi connectivity index (χ2n) is 13.5. The van der Waals surface area contributed by atoms with E-state index < -0.39 is 8.07 Å². The van der Waals surface area contributed by atoms with E-state index in [0.29, 0.717) is 0 Å². The van der Waals surface area contributed by atoms with Gasteiger partial charge in [-0.3, -0.25) is 0 Å². The molecule has 0 saturated carbocycles. The third-order valence-corrected chi connectivity index (χ3v) is 15.6. The molecule has 3 nitrogen and oxygen atoms in total. The molecule has 0 fully saturated rings. The second kappa shape index (κ2) is 16.7. The summed E-state index contributed by atoms with van der Waals surface area (Å²) in [5.41, 5.74) is 17.9. The van der Waals surface area contributed by atoms with Gasteiger partial charge in [0.25, 0.3) is 0 Å². The molecule has 0 aliphatic carbocycles. The number of rotatable bonds is 7. The van der Waals surface area contributed by atoms with Crippen LogP contribution in [0.2, 0.25) is 0 Å². The van der Waals surface area contributed by atoms with E-state index >= 15 is 0 Å². The molecule has 4 aromatic rings. The van der Waals surface area contributed by atoms with Crippen molar-refractivity contribution >= 4 is 45.9 Å². The second-order valence-corrected chi connectivity index (χ2v) is 17.1. The third kappa shape index (κ3) is 7.12. The van der Waals surface area contributed by atoms with E-state index in [-0.39, 0.29) is 58.9 Å². The maximum Gasteiger partial charge on any atom is 4.00 e. The molecule has 0 heterocycles. The first-order chi connectivity index (χ1) is 20.0. The molecule has 4 rings (SSSR count). The van der Waals surface area contributed by atoms with Crippen molar-refractivity contribution in [3.05, 3.63) is 92.0 Å². The number of hydrogen-bond donors (Lipinski definition) is 0. The first-order valence-electron chi connectivity index (χ1n) is 15.6. The van der Waals surface area contributed by atoms with Crippen LogP contribution in [0.3, 0.4) is 0 Å². The van der Waals surface area contributed by atoms with E-state index in [1.807, 2.05) is 0 Å². The predicted molar refractivity (Wildman–Crippen MR) is 196 cm³/mol. The number of benzene rings is 3. The number of anilines is 3. The zero-order valence-corrected chi connectivity index (χ0v) is 36.3. The Balaban J connectivity index is 0.00000529. The average Bonchev–Trinajstić information content (AvgIpc) is 3.12. The Morgan fingerprint density at radius 2 is 0.638 bits per heavy atom. The number of halogens is 3. The van der Waals surface area contributed by atoms with Crippen molar-refractivity contribution in [2.45, 2.75) is 69.2 Å². The summed E-state index contributed by atoms with van der Waals surface area (Å²) in [5, 5.41) is 5.95. The molecule has 4 aromatic carbocycles. The summed E-state index contributed by atoms with van der Waals surface area (Å²) in [6.07, 6.45) is 0. The van der Waals surface area contributed by atoms with Crippen molar-refractivity contribution in [3.63, 3.8) is 0 Å². The molecule has 0 spiro atoms. The van der Waals surface area contributed by atoms with Crippen LogP contribution >= 0.6 is 0 Å². The van der Waals surface area contributed by atoms with E-state index in [4.69, 9.17) is 0 Å². The molecule has 8 heteroatoms. The van der Waals surface area contributed by atoms with Crippen molar-refractivity contribution in [3.8, 4) is 0 Å². The maximum absolute atomic E-state index is 3.01. The van der Waals surface area contributed by atoms with Crippen LogP contribution in [0.5, 0.6) is 0 Å². The Morgan fingerprint density at radius 3 is 0.851 bits per heavy atom. The molecule has 254 valence electrons. The molecule has 0 N–H and O–H groups in total. The fourth-order valence-electron chi connectivity index (χ4n) is 7.66. The van der Waals surface area contributed by atoms with Crippen LogP contribution in [0, 0.1) is 69.2 Å². The minimum Gasteiger partial charge on any atom is -1.00 e. The number of hydrogen-bond acceptors (Lipinski definition) is 3. The maximum atomic E-state index is 2.49. The molecule has 0 saturated heterocycles. The monoisotopic (exact) mass is 745 g/mol. The Kier molecular flexibility index (Phi) is 16.1. The zero-order chi connectivity index (χ0) is 32.3. The van der Waals surface area contributed by atoms with Crippen LogP contribution in [-0.4, -0.2) is 50.4 Å². The third-order valence-electron chi connectivity index (χ3n) is 10.5. The molecule has 0 radical (unpaired) electrons. The van der Waals surface area contributed by atoms with Crippen molar-refractivity contribution in [2.24, 2.45) is 0 Å². The van der Waals surface area contributed by atoms with E-state index in [1.165, 1.54) is 88.3 Å². The van der Waals surface area contributed by atoms with Gasteiger partial charge in [0.15, 0.2) is 0 Å². The Bertz CT molecular complexity index is 1540. The minimum atomic E-state index is -3.01. The van der Waals surface area contributed by atoms with E-state index in [0.717, 1.165) is 0 Å². The Labute approximate surface area is 321 Å². The van der Waals surface area contributed by atoms with Crippen molar-refractivity contribution in [1.29, 1.82) is 0 Å². The van der Waals surface area contributed by atoms with Gasteiger partial charge in [0, 0.05) is 59.3 Å². The van der Waals surface area contributed by atoms with Gasteiger partial charge in [0.1, 0.15) is 8.07 Å². The molecule has 47 heavy (non-hydrogen) atoms. The first kappa shape index (κ1) is 45.2. The smallest absolute Gasteiger partial charge is 1.00 e. The molecule has 0 atom stereocenters. The summed E-state index contributed by atoms with van der Waals surface area (Å²) < 4.78 is 0. The van der Waals surface area contributed by atoms with Crippen LogP contribution in [0.4, 0.5) is 17.1 Å². The van der Waals surface area contributed by atoms with Gasteiger partial charge in [-0.05, 0) is 90.5 Å². The quantitative estimate of drug-likeness (QED) is 0.114. The molecular formula is C39H54Cl3N3SiTi. The van der Waals surface area contributed by atoms with Crippen LogP contribution in [0.15, 0.2) is 36.4 Å². The summed E-state index contributed by atoms with van der Waals surface area (Å²) in [6.45, 7) is 23.1. The normalized spacial score (nSPS) is 10.7. The van der Waals surface area contributed by atoms with Crippen molar-refractivity contribution in [1.82, 2.24) is 0 Å². The SMILES string of the molecule is Cc1ccc([Si](c2ccc(C)c(C)c2N(C)C)(c2ccc(C)c(C)c2N(C)C)[c-]2c(C)c(C)c(C)c2C)c(N(C)C)c1C.[Cl-].[Cl-].[Cl-].[Ti+4]. The van der Waals surface area contributed by atoms with Crippen LogP contribution in [0.25, 0.3) is 0 Å². The summed E-state index contributed by atoms with van der Waals surface area (Å²) in [7, 11) is 10.4. The topological polar surface area (TPSA) is 9.72 Å². The van der Waals surface area contributed by atoms with E-state index in [1.54, 1.807) is 5.19 Å². The largest absolute Gasteiger partial charge is 4.00 e. The molecule has 0 aliphatic heterocycles. The van der Waals surface area contributed by atoms with Gasteiger partial charge in [-0.25, -0.2) is 0 Å². The van der Waals surface area contributed by atoms with Crippen LogP contribution in [-0.2, 0) is 21.7 Å². The number of aryl methyl sites for hydroxylation is 3. The van der Waals surface area contributed by atoms with Crippen LogP contribution in [0.1, 0.15) is 55.6 Å². The van der Waals surface area contributed by atoms with Gasteiger partial charge >= 0.3 is 21.7 Å². The Hall–Kier alpha value is -1.79. The molecule has 0 amide bonds. The molecule has 0 bridgehead atoms. The summed E-state index contributed by atoms with van der Waals surface area (Å²) in [4.78, 5) is 7.12. The molecule has 0 aliphatic rings. The summed E-state index contributed by atoms with van der Waals surface area (Å²) in [6, 6.07) is 14.6. The molecule has 0 unspecified atom stereocenters. The van der Waals surface area contributed by atoms with Gasteiger partial charge in [-0.2, -0.15) is 22.3 Å².